The summed E-state index contributed by atoms with van der Waals surface area (Å²) in [6, 6.07) is 5.74. The molecular formula is C28H41N5O3. The van der Waals surface area contributed by atoms with Gasteiger partial charge in [-0.3, -0.25) is 14.4 Å². The number of nitrogens with one attached hydrogen (secondary N) is 2. The molecule has 2 aliphatic heterocycles. The van der Waals surface area contributed by atoms with Crippen molar-refractivity contribution in [3.05, 3.63) is 23.8 Å². The second kappa shape index (κ2) is 11.6. The van der Waals surface area contributed by atoms with Crippen LogP contribution in [0.25, 0.3) is 0 Å². The van der Waals surface area contributed by atoms with Gasteiger partial charge in [-0.25, -0.2) is 0 Å². The molecule has 2 aliphatic carbocycles. The predicted octanol–water partition coefficient (Wildman–Crippen LogP) is 3.09. The normalized spacial score (nSPS) is 22.1. The molecule has 2 saturated heterocycles. The fourth-order valence-corrected chi connectivity index (χ4v) is 6.29. The van der Waals surface area contributed by atoms with Gasteiger partial charge in [0, 0.05) is 69.8 Å². The van der Waals surface area contributed by atoms with E-state index in [1.54, 1.807) is 0 Å². The Morgan fingerprint density at radius 1 is 0.750 bits per heavy atom. The average Bonchev–Trinajstić information content (AvgIpc) is 3.49. The molecule has 0 radical (unpaired) electrons. The van der Waals surface area contributed by atoms with Crippen molar-refractivity contribution in [3.8, 4) is 0 Å². The third kappa shape index (κ3) is 5.69. The fourth-order valence-electron chi connectivity index (χ4n) is 6.29. The Morgan fingerprint density at radius 2 is 1.39 bits per heavy atom. The number of amides is 3. The lowest BCUT2D eigenvalue weighted by Gasteiger charge is -2.39. The molecule has 2 saturated carbocycles. The number of carbonyl (C=O) groups is 3. The lowest BCUT2D eigenvalue weighted by Crippen LogP contribution is -2.50. The van der Waals surface area contributed by atoms with Gasteiger partial charge in [0.05, 0.1) is 11.4 Å². The lowest BCUT2D eigenvalue weighted by molar-refractivity contribution is -0.136. The first-order valence-electron chi connectivity index (χ1n) is 14.1. The maximum absolute atomic E-state index is 13.2. The summed E-state index contributed by atoms with van der Waals surface area (Å²) in [4.78, 5) is 45.4. The number of nitrogens with zero attached hydrogens (tertiary/aromatic N) is 3. The van der Waals surface area contributed by atoms with Crippen molar-refractivity contribution in [1.29, 1.82) is 0 Å². The molecule has 0 bridgehead atoms. The van der Waals surface area contributed by atoms with Gasteiger partial charge >= 0.3 is 0 Å². The summed E-state index contributed by atoms with van der Waals surface area (Å²) in [6.07, 6.45) is 9.70. The number of anilines is 2. The van der Waals surface area contributed by atoms with Crippen LogP contribution in [0.15, 0.2) is 18.2 Å². The highest BCUT2D eigenvalue weighted by molar-refractivity contribution is 6.00. The molecule has 5 rings (SSSR count). The highest BCUT2D eigenvalue weighted by Crippen LogP contribution is 2.32. The van der Waals surface area contributed by atoms with Crippen LogP contribution in [0.2, 0.25) is 0 Å². The maximum Gasteiger partial charge on any atom is 0.254 e. The summed E-state index contributed by atoms with van der Waals surface area (Å²) >= 11 is 0. The van der Waals surface area contributed by atoms with Crippen molar-refractivity contribution in [3.63, 3.8) is 0 Å². The lowest BCUT2D eigenvalue weighted by atomic mass is 9.88. The highest BCUT2D eigenvalue weighted by Gasteiger charge is 2.30. The first kappa shape index (κ1) is 25.1. The van der Waals surface area contributed by atoms with Crippen LogP contribution < -0.4 is 15.5 Å². The minimum Gasteiger partial charge on any atom is -0.366 e. The molecule has 1 aromatic rings. The van der Waals surface area contributed by atoms with Gasteiger partial charge in [0.25, 0.3) is 5.91 Å². The molecule has 2 N–H and O–H groups in total. The Kier molecular flexibility index (Phi) is 8.09. The third-order valence-corrected chi connectivity index (χ3v) is 8.52. The zero-order valence-electron chi connectivity index (χ0n) is 21.5. The van der Waals surface area contributed by atoms with E-state index >= 15 is 0 Å². The van der Waals surface area contributed by atoms with E-state index in [2.05, 4.69) is 15.5 Å². The van der Waals surface area contributed by atoms with Gasteiger partial charge in [0.1, 0.15) is 0 Å². The summed E-state index contributed by atoms with van der Waals surface area (Å²) in [5.41, 5.74) is 2.29. The van der Waals surface area contributed by atoms with Crippen LogP contribution in [0.4, 0.5) is 11.4 Å². The highest BCUT2D eigenvalue weighted by atomic mass is 16.2. The summed E-state index contributed by atoms with van der Waals surface area (Å²) in [7, 11) is 0. The van der Waals surface area contributed by atoms with Crippen LogP contribution in [-0.2, 0) is 9.59 Å². The van der Waals surface area contributed by atoms with Crippen molar-refractivity contribution in [2.24, 2.45) is 11.8 Å². The number of benzene rings is 1. The zero-order valence-corrected chi connectivity index (χ0v) is 21.5. The Morgan fingerprint density at radius 3 is 2.08 bits per heavy atom. The molecule has 0 spiro atoms. The predicted molar refractivity (Wildman–Crippen MR) is 141 cm³/mol. The van der Waals surface area contributed by atoms with Crippen LogP contribution in [0.5, 0.6) is 0 Å². The molecular weight excluding hydrogens is 454 g/mol. The van der Waals surface area contributed by atoms with Crippen molar-refractivity contribution in [1.82, 2.24) is 15.1 Å². The summed E-state index contributed by atoms with van der Waals surface area (Å²) in [6.45, 7) is 5.87. The van der Waals surface area contributed by atoms with E-state index < -0.39 is 0 Å². The number of carbonyl (C=O) groups excluding carboxylic acids is 3. The Labute approximate surface area is 214 Å². The van der Waals surface area contributed by atoms with Gasteiger partial charge in [-0.15, -0.1) is 0 Å². The molecule has 4 aliphatic rings. The molecule has 0 unspecified atom stereocenters. The van der Waals surface area contributed by atoms with Gasteiger partial charge in [0.15, 0.2) is 0 Å². The average molecular weight is 496 g/mol. The first-order valence-corrected chi connectivity index (χ1v) is 14.1. The summed E-state index contributed by atoms with van der Waals surface area (Å²) in [5, 5.41) is 6.48. The van der Waals surface area contributed by atoms with E-state index in [1.807, 2.05) is 28.0 Å². The zero-order chi connectivity index (χ0) is 24.9. The molecule has 0 aromatic heterocycles. The van der Waals surface area contributed by atoms with Crippen LogP contribution in [0.1, 0.15) is 68.1 Å². The molecule has 196 valence electrons. The minimum absolute atomic E-state index is 0.0160. The number of hydrogen-bond acceptors (Lipinski definition) is 5. The van der Waals surface area contributed by atoms with Crippen LogP contribution in [0, 0.1) is 11.8 Å². The fraction of sp³-hybridized carbons (Fsp3) is 0.679. The molecule has 3 amide bonds. The topological polar surface area (TPSA) is 85.0 Å². The van der Waals surface area contributed by atoms with Crippen molar-refractivity contribution in [2.45, 2.75) is 57.8 Å². The van der Waals surface area contributed by atoms with Gasteiger partial charge < -0.3 is 25.3 Å². The molecule has 36 heavy (non-hydrogen) atoms. The molecule has 8 nitrogen and oxygen atoms in total. The first-order chi connectivity index (χ1) is 17.6. The van der Waals surface area contributed by atoms with E-state index in [0.29, 0.717) is 37.6 Å². The van der Waals surface area contributed by atoms with E-state index in [9.17, 15) is 14.4 Å². The Bertz CT molecular complexity index is 941. The van der Waals surface area contributed by atoms with Gasteiger partial charge in [-0.1, -0.05) is 32.1 Å². The number of rotatable bonds is 5. The maximum atomic E-state index is 13.2. The molecule has 8 heteroatoms. The largest absolute Gasteiger partial charge is 0.366 e. The van der Waals surface area contributed by atoms with E-state index in [-0.39, 0.29) is 23.7 Å². The molecule has 1 aromatic carbocycles. The number of piperazine rings is 2. The van der Waals surface area contributed by atoms with Gasteiger partial charge in [-0.05, 0) is 43.9 Å². The third-order valence-electron chi connectivity index (χ3n) is 8.52. The van der Waals surface area contributed by atoms with Crippen LogP contribution in [0.3, 0.4) is 0 Å². The monoisotopic (exact) mass is 495 g/mol. The Balaban J connectivity index is 1.31. The van der Waals surface area contributed by atoms with Gasteiger partial charge in [-0.2, -0.15) is 0 Å². The minimum atomic E-state index is 0.0160. The smallest absolute Gasteiger partial charge is 0.254 e. The standard InChI is InChI=1S/C28H41N5O3/c34-26(21-6-4-5-7-21)30-24-20-23(28(36)32-14-12-29-13-15-32)10-11-25(24)31-16-18-33(19-17-31)27(35)22-8-2-1-3-9-22/h10-11,20-22,29H,1-9,12-19H2,(H,30,34). The van der Waals surface area contributed by atoms with Crippen molar-refractivity contribution < 1.29 is 14.4 Å². The van der Waals surface area contributed by atoms with E-state index in [0.717, 1.165) is 76.1 Å². The van der Waals surface area contributed by atoms with E-state index in [4.69, 9.17) is 0 Å². The van der Waals surface area contributed by atoms with E-state index in [1.165, 1.54) is 19.3 Å². The summed E-state index contributed by atoms with van der Waals surface area (Å²) < 4.78 is 0. The summed E-state index contributed by atoms with van der Waals surface area (Å²) in [5.74, 6) is 0.646. The SMILES string of the molecule is O=C(Nc1cc(C(=O)N2CCNCC2)ccc1N1CCN(C(=O)C2CCCCC2)CC1)C1CCCC1. The van der Waals surface area contributed by atoms with Crippen molar-refractivity contribution >= 4 is 29.1 Å². The molecule has 4 fully saturated rings. The van der Waals surface area contributed by atoms with Crippen LogP contribution >= 0.6 is 0 Å². The quantitative estimate of drug-likeness (QED) is 0.656. The second-order valence-corrected chi connectivity index (χ2v) is 10.9. The molecule has 0 atom stereocenters. The van der Waals surface area contributed by atoms with Crippen molar-refractivity contribution in [2.75, 3.05) is 62.6 Å². The van der Waals surface area contributed by atoms with Crippen LogP contribution in [-0.4, -0.2) is 79.9 Å². The number of hydrogen-bond donors (Lipinski definition) is 2. The van der Waals surface area contributed by atoms with Gasteiger partial charge in [0.2, 0.25) is 11.8 Å². The second-order valence-electron chi connectivity index (χ2n) is 10.9. The molecule has 2 heterocycles. The Hall–Kier alpha value is -2.61.